The standard InChI is InChI=1S/C19H25NOS.C16H24N2O.C10H17N3S/c1-2-11-20(12-10-17-6-4-13-22-17)16-8-9-18-15(14-16)5-3-7-19(18)21;1-3-9-18(10-4-2)11-8-13-6-5-7-15-14(13)12-16(19)17-15;1-2-5-12-7-3-4-8-9(6-7)14-10(11)13-8/h3-7,13,16,21H,2,8-12,14H2,1H3;5-7H,3-4,8-12H2,1-2H3,(H,17,19);7,12H,2-6H2,1H3,(H2,11,13)/t16-;;7-/m0.1/s1. The Morgan fingerprint density at radius 2 is 1.67 bits per heavy atom. The van der Waals surface area contributed by atoms with Crippen LogP contribution in [0.25, 0.3) is 0 Å². The van der Waals surface area contributed by atoms with Crippen LogP contribution in [0.15, 0.2) is 53.9 Å². The first-order valence-corrected chi connectivity index (χ1v) is 22.7. The van der Waals surface area contributed by atoms with Crippen molar-refractivity contribution >= 4 is 39.4 Å². The number of fused-ring (bicyclic) bond motifs is 3. The Balaban J connectivity index is 0.000000162. The molecule has 8 nitrogen and oxygen atoms in total. The fourth-order valence-corrected chi connectivity index (χ4v) is 9.92. The van der Waals surface area contributed by atoms with Crippen molar-refractivity contribution in [2.45, 2.75) is 123 Å². The smallest absolute Gasteiger partial charge is 0.228 e. The van der Waals surface area contributed by atoms with Crippen LogP contribution in [-0.4, -0.2) is 77.1 Å². The number of rotatable bonds is 16. The molecule has 5 N–H and O–H groups in total. The summed E-state index contributed by atoms with van der Waals surface area (Å²) in [6.45, 7) is 15.8. The van der Waals surface area contributed by atoms with Crippen molar-refractivity contribution in [3.63, 3.8) is 0 Å². The van der Waals surface area contributed by atoms with Gasteiger partial charge < -0.3 is 26.4 Å². The number of amides is 1. The highest BCUT2D eigenvalue weighted by atomic mass is 32.1. The molecule has 1 aliphatic heterocycles. The average molecular weight is 787 g/mol. The second kappa shape index (κ2) is 22.5. The van der Waals surface area contributed by atoms with Gasteiger partial charge in [0.25, 0.3) is 0 Å². The molecule has 7 rings (SSSR count). The summed E-state index contributed by atoms with van der Waals surface area (Å²) in [5.41, 5.74) is 13.0. The summed E-state index contributed by atoms with van der Waals surface area (Å²) < 4.78 is 0. The highest BCUT2D eigenvalue weighted by Crippen LogP contribution is 2.31. The molecule has 0 spiro atoms. The number of nitrogens with two attached hydrogens (primary N) is 1. The molecule has 3 aliphatic rings. The van der Waals surface area contributed by atoms with E-state index in [1.54, 1.807) is 11.3 Å². The zero-order valence-corrected chi connectivity index (χ0v) is 35.5. The summed E-state index contributed by atoms with van der Waals surface area (Å²) in [4.78, 5) is 23.9. The second-order valence-electron chi connectivity index (χ2n) is 15.3. The van der Waals surface area contributed by atoms with E-state index >= 15 is 0 Å². The van der Waals surface area contributed by atoms with Crippen LogP contribution < -0.4 is 16.4 Å². The van der Waals surface area contributed by atoms with Gasteiger partial charge in [0.15, 0.2) is 5.13 Å². The zero-order valence-electron chi connectivity index (χ0n) is 33.9. The summed E-state index contributed by atoms with van der Waals surface area (Å²) in [6.07, 6.45) is 14.2. The number of thiazole rings is 1. The highest BCUT2D eigenvalue weighted by molar-refractivity contribution is 7.15. The van der Waals surface area contributed by atoms with Crippen LogP contribution >= 0.6 is 22.7 Å². The summed E-state index contributed by atoms with van der Waals surface area (Å²) >= 11 is 3.51. The molecule has 2 atom stereocenters. The van der Waals surface area contributed by atoms with Gasteiger partial charge in [-0.05, 0) is 149 Å². The van der Waals surface area contributed by atoms with Crippen LogP contribution in [0.2, 0.25) is 0 Å². The largest absolute Gasteiger partial charge is 0.508 e. The predicted octanol–water partition coefficient (Wildman–Crippen LogP) is 8.69. The quantitative estimate of drug-likeness (QED) is 0.0901. The Morgan fingerprint density at radius 1 is 0.873 bits per heavy atom. The van der Waals surface area contributed by atoms with Crippen LogP contribution in [0, 0.1) is 0 Å². The lowest BCUT2D eigenvalue weighted by Crippen LogP contribution is -2.41. The topological polar surface area (TPSA) is 107 Å². The van der Waals surface area contributed by atoms with Gasteiger partial charge in [0.05, 0.1) is 12.1 Å². The van der Waals surface area contributed by atoms with Crippen molar-refractivity contribution in [2.75, 3.05) is 50.3 Å². The molecule has 55 heavy (non-hydrogen) atoms. The molecule has 2 aromatic carbocycles. The molecule has 0 saturated carbocycles. The molecular weight excluding hydrogens is 721 g/mol. The van der Waals surface area contributed by atoms with Gasteiger partial charge >= 0.3 is 0 Å². The molecule has 0 saturated heterocycles. The molecule has 300 valence electrons. The lowest BCUT2D eigenvalue weighted by Gasteiger charge is -2.35. The average Bonchev–Trinajstić information content (AvgIpc) is 3.94. The van der Waals surface area contributed by atoms with E-state index in [2.05, 4.69) is 82.8 Å². The third-order valence-electron chi connectivity index (χ3n) is 11.0. The molecular formula is C45H66N6O2S2. The first kappa shape index (κ1) is 42.9. The first-order valence-electron chi connectivity index (χ1n) is 21.0. The Kier molecular flexibility index (Phi) is 17.5. The van der Waals surface area contributed by atoms with E-state index in [1.807, 2.05) is 35.6 Å². The molecule has 0 unspecified atom stereocenters. The number of nitrogens with zero attached hydrogens (tertiary/aromatic N) is 3. The van der Waals surface area contributed by atoms with Crippen LogP contribution in [-0.2, 0) is 49.7 Å². The zero-order chi connectivity index (χ0) is 39.0. The predicted molar refractivity (Wildman–Crippen MR) is 234 cm³/mol. The van der Waals surface area contributed by atoms with E-state index in [0.717, 1.165) is 75.4 Å². The number of thiophene rings is 1. The van der Waals surface area contributed by atoms with Gasteiger partial charge in [-0.3, -0.25) is 9.69 Å². The van der Waals surface area contributed by atoms with Gasteiger partial charge in [-0.25, -0.2) is 4.98 Å². The van der Waals surface area contributed by atoms with E-state index < -0.39 is 0 Å². The lowest BCUT2D eigenvalue weighted by molar-refractivity contribution is -0.115. The van der Waals surface area contributed by atoms with Crippen LogP contribution in [0.1, 0.15) is 104 Å². The number of carbonyl (C=O) groups is 1. The number of hydrogen-bond acceptors (Lipinski definition) is 9. The van der Waals surface area contributed by atoms with E-state index in [9.17, 15) is 9.90 Å². The maximum absolute atomic E-state index is 11.5. The maximum Gasteiger partial charge on any atom is 0.228 e. The molecule has 2 aromatic heterocycles. The number of aryl methyl sites for hydroxylation is 1. The Labute approximate surface area is 339 Å². The molecule has 0 fully saturated rings. The monoisotopic (exact) mass is 786 g/mol. The Morgan fingerprint density at radius 3 is 2.42 bits per heavy atom. The first-order chi connectivity index (χ1) is 26.8. The number of aromatic nitrogens is 1. The van der Waals surface area contributed by atoms with Crippen molar-refractivity contribution < 1.29 is 9.90 Å². The van der Waals surface area contributed by atoms with Crippen molar-refractivity contribution in [1.82, 2.24) is 20.1 Å². The number of phenols is 1. The van der Waals surface area contributed by atoms with Crippen LogP contribution in [0.5, 0.6) is 5.75 Å². The molecule has 2 aliphatic carbocycles. The summed E-state index contributed by atoms with van der Waals surface area (Å²) in [6, 6.07) is 17.8. The van der Waals surface area contributed by atoms with Gasteiger partial charge in [-0.2, -0.15) is 0 Å². The minimum absolute atomic E-state index is 0.126. The van der Waals surface area contributed by atoms with Gasteiger partial charge in [0, 0.05) is 40.6 Å². The number of aromatic hydroxyl groups is 1. The summed E-state index contributed by atoms with van der Waals surface area (Å²) in [5.74, 6) is 0.609. The molecule has 10 heteroatoms. The number of anilines is 2. The molecule has 3 heterocycles. The molecule has 0 radical (unpaired) electrons. The van der Waals surface area contributed by atoms with Crippen LogP contribution in [0.3, 0.4) is 0 Å². The number of phenolic OH excluding ortho intramolecular Hbond substituents is 1. The number of benzene rings is 2. The Bertz CT molecular complexity index is 1730. The van der Waals surface area contributed by atoms with E-state index in [0.29, 0.717) is 24.3 Å². The fourth-order valence-electron chi connectivity index (χ4n) is 8.27. The van der Waals surface area contributed by atoms with E-state index in [1.165, 1.54) is 89.4 Å². The van der Waals surface area contributed by atoms with Gasteiger partial charge in [0.2, 0.25) is 5.91 Å². The minimum Gasteiger partial charge on any atom is -0.508 e. The molecule has 1 amide bonds. The third-order valence-corrected chi connectivity index (χ3v) is 12.9. The van der Waals surface area contributed by atoms with Crippen molar-refractivity contribution in [2.24, 2.45) is 0 Å². The van der Waals surface area contributed by atoms with Gasteiger partial charge in [0.1, 0.15) is 5.75 Å². The maximum atomic E-state index is 11.5. The normalized spacial score (nSPS) is 17.1. The van der Waals surface area contributed by atoms with Crippen molar-refractivity contribution in [1.29, 1.82) is 0 Å². The Hall–Kier alpha value is -3.28. The third kappa shape index (κ3) is 12.9. The van der Waals surface area contributed by atoms with Crippen LogP contribution in [0.4, 0.5) is 10.8 Å². The molecule has 0 bridgehead atoms. The molecule has 4 aromatic rings. The number of nitrogen functional groups attached to an aromatic ring is 1. The van der Waals surface area contributed by atoms with Crippen molar-refractivity contribution in [3.8, 4) is 5.75 Å². The van der Waals surface area contributed by atoms with E-state index in [4.69, 9.17) is 5.73 Å². The minimum atomic E-state index is 0.126. The highest BCUT2D eigenvalue weighted by Gasteiger charge is 2.26. The number of nitrogens with one attached hydrogen (secondary N) is 2. The lowest BCUT2D eigenvalue weighted by atomic mass is 9.86. The van der Waals surface area contributed by atoms with E-state index in [-0.39, 0.29) is 5.91 Å². The second-order valence-corrected chi connectivity index (χ2v) is 17.4. The number of carbonyl (C=O) groups excluding carboxylic acids is 1. The number of hydrogen-bond donors (Lipinski definition) is 4. The fraction of sp³-hybridized carbons (Fsp3) is 0.556. The van der Waals surface area contributed by atoms with Gasteiger partial charge in [-0.15, -0.1) is 22.7 Å². The summed E-state index contributed by atoms with van der Waals surface area (Å²) in [7, 11) is 0. The SMILES string of the molecule is CCCN(CCC)CCc1cccc2c1CC(=O)N2.CCCN(CCc1cccs1)[C@H]1CCc2c(O)cccc2C1.CCCN[C@@H]1CCc2nc(N)sc2C1. The van der Waals surface area contributed by atoms with Crippen molar-refractivity contribution in [3.05, 3.63) is 91.6 Å². The van der Waals surface area contributed by atoms with Gasteiger partial charge in [-0.1, -0.05) is 58.0 Å². The summed E-state index contributed by atoms with van der Waals surface area (Å²) in [5, 5.41) is 19.4.